The SMILES string of the molecule is O=S(=O)(Nc1ncc(F)s1)c1ccc(NC[C@]23CCCN2CC2(CC2)C3)c(C(F)(F)F)c1. The molecule has 2 N–H and O–H groups in total. The molecule has 2 aromatic rings. The molecule has 1 atom stereocenters. The molecule has 0 radical (unpaired) electrons. The Hall–Kier alpha value is -1.92. The first-order valence-corrected chi connectivity index (χ1v) is 12.6. The van der Waals surface area contributed by atoms with E-state index in [-0.39, 0.29) is 16.4 Å². The molecule has 1 aliphatic carbocycles. The highest BCUT2D eigenvalue weighted by Crippen LogP contribution is 2.60. The number of sulfonamides is 1. The molecule has 2 aliphatic heterocycles. The highest BCUT2D eigenvalue weighted by molar-refractivity contribution is 7.93. The molecular weight excluding hydrogens is 468 g/mol. The molecule has 1 spiro atoms. The number of hydrogen-bond acceptors (Lipinski definition) is 6. The van der Waals surface area contributed by atoms with Gasteiger partial charge in [0.25, 0.3) is 10.0 Å². The van der Waals surface area contributed by atoms with Gasteiger partial charge in [0.1, 0.15) is 0 Å². The largest absolute Gasteiger partial charge is 0.418 e. The monoisotopic (exact) mass is 490 g/mol. The zero-order valence-corrected chi connectivity index (χ0v) is 18.6. The van der Waals surface area contributed by atoms with E-state index in [2.05, 4.69) is 15.2 Å². The van der Waals surface area contributed by atoms with Crippen molar-refractivity contribution in [2.24, 2.45) is 5.41 Å². The number of anilines is 2. The Morgan fingerprint density at radius 2 is 2.00 bits per heavy atom. The van der Waals surface area contributed by atoms with Gasteiger partial charge in [-0.3, -0.25) is 9.62 Å². The van der Waals surface area contributed by atoms with Crippen LogP contribution in [0.25, 0.3) is 0 Å². The second-order valence-corrected chi connectivity index (χ2v) is 11.7. The van der Waals surface area contributed by atoms with Crippen molar-refractivity contribution in [2.45, 2.75) is 48.7 Å². The highest BCUT2D eigenvalue weighted by Gasteiger charge is 2.59. The molecule has 174 valence electrons. The number of fused-ring (bicyclic) bond motifs is 1. The van der Waals surface area contributed by atoms with Crippen molar-refractivity contribution in [1.82, 2.24) is 9.88 Å². The van der Waals surface area contributed by atoms with Crippen molar-refractivity contribution in [3.63, 3.8) is 0 Å². The van der Waals surface area contributed by atoms with Crippen LogP contribution < -0.4 is 10.0 Å². The van der Waals surface area contributed by atoms with Crippen LogP contribution in [0.3, 0.4) is 0 Å². The summed E-state index contributed by atoms with van der Waals surface area (Å²) in [5, 5.41) is 2.02. The van der Waals surface area contributed by atoms with Crippen LogP contribution in [-0.2, 0) is 16.2 Å². The van der Waals surface area contributed by atoms with Gasteiger partial charge in [0, 0.05) is 24.3 Å². The topological polar surface area (TPSA) is 74.3 Å². The molecule has 3 aliphatic rings. The molecular formula is C20H22F4N4O2S2. The molecule has 6 nitrogen and oxygen atoms in total. The number of nitrogens with one attached hydrogen (secondary N) is 2. The quantitative estimate of drug-likeness (QED) is 0.582. The van der Waals surface area contributed by atoms with E-state index in [0.717, 1.165) is 50.7 Å². The molecule has 32 heavy (non-hydrogen) atoms. The molecule has 12 heteroatoms. The van der Waals surface area contributed by atoms with Gasteiger partial charge in [0.05, 0.1) is 16.7 Å². The Morgan fingerprint density at radius 3 is 2.66 bits per heavy atom. The molecule has 1 saturated carbocycles. The minimum atomic E-state index is -4.75. The minimum Gasteiger partial charge on any atom is -0.383 e. The van der Waals surface area contributed by atoms with Crippen molar-refractivity contribution < 1.29 is 26.0 Å². The average Bonchev–Trinajstić information content (AvgIpc) is 2.99. The van der Waals surface area contributed by atoms with Crippen LogP contribution in [-0.4, -0.2) is 43.5 Å². The van der Waals surface area contributed by atoms with Crippen LogP contribution in [0.4, 0.5) is 28.4 Å². The Morgan fingerprint density at radius 1 is 1.22 bits per heavy atom. The Bertz CT molecular complexity index is 1150. The predicted octanol–water partition coefficient (Wildman–Crippen LogP) is 4.53. The van der Waals surface area contributed by atoms with E-state index >= 15 is 0 Å². The van der Waals surface area contributed by atoms with Crippen LogP contribution in [0, 0.1) is 10.5 Å². The summed E-state index contributed by atoms with van der Waals surface area (Å²) in [6.45, 7) is 2.37. The summed E-state index contributed by atoms with van der Waals surface area (Å²) in [7, 11) is -4.36. The first-order valence-electron chi connectivity index (χ1n) is 10.3. The van der Waals surface area contributed by atoms with Gasteiger partial charge >= 0.3 is 6.18 Å². The average molecular weight is 491 g/mol. The summed E-state index contributed by atoms with van der Waals surface area (Å²) < 4.78 is 81.6. The maximum absolute atomic E-state index is 13.8. The number of benzene rings is 1. The zero-order chi connectivity index (χ0) is 22.8. The first-order chi connectivity index (χ1) is 15.0. The van der Waals surface area contributed by atoms with Gasteiger partial charge in [0.2, 0.25) is 0 Å². The van der Waals surface area contributed by atoms with Gasteiger partial charge in [-0.1, -0.05) is 11.3 Å². The van der Waals surface area contributed by atoms with Gasteiger partial charge in [0.15, 0.2) is 10.3 Å². The fraction of sp³-hybridized carbons (Fsp3) is 0.550. The smallest absolute Gasteiger partial charge is 0.383 e. The van der Waals surface area contributed by atoms with Crippen LogP contribution in [0.1, 0.15) is 37.7 Å². The summed E-state index contributed by atoms with van der Waals surface area (Å²) in [5.41, 5.74) is -0.991. The Kier molecular flexibility index (Phi) is 4.99. The predicted molar refractivity (Wildman–Crippen MR) is 113 cm³/mol. The van der Waals surface area contributed by atoms with Gasteiger partial charge in [-0.25, -0.2) is 13.4 Å². The Balaban J connectivity index is 1.39. The number of nitrogens with zero attached hydrogens (tertiary/aromatic N) is 2. The highest BCUT2D eigenvalue weighted by atomic mass is 32.2. The number of thiazole rings is 1. The standard InChI is InChI=1S/C20H22F4N4O2S2/c21-16-9-25-17(31-16)27-32(29,30)13-2-3-15(14(8-13)20(22,23)24)26-11-19-4-1-7-28(19)12-18(10-19)5-6-18/h2-3,8-9,26H,1,4-7,10-12H2,(H,25,27)/t19-/m1/s1. The molecule has 5 rings (SSSR count). The Labute approximate surface area is 187 Å². The van der Waals surface area contributed by atoms with E-state index < -0.39 is 31.8 Å². The lowest BCUT2D eigenvalue weighted by molar-refractivity contribution is -0.137. The van der Waals surface area contributed by atoms with Crippen LogP contribution >= 0.6 is 11.3 Å². The maximum atomic E-state index is 13.8. The number of hydrogen-bond donors (Lipinski definition) is 2. The fourth-order valence-corrected chi connectivity index (χ4v) is 7.00. The van der Waals surface area contributed by atoms with Crippen molar-refractivity contribution >= 4 is 32.2 Å². The molecule has 2 saturated heterocycles. The van der Waals surface area contributed by atoms with Gasteiger partial charge in [-0.2, -0.15) is 17.6 Å². The lowest BCUT2D eigenvalue weighted by Gasteiger charge is -2.33. The summed E-state index contributed by atoms with van der Waals surface area (Å²) in [6.07, 6.45) is 1.42. The summed E-state index contributed by atoms with van der Waals surface area (Å²) in [4.78, 5) is 5.40. The van der Waals surface area contributed by atoms with Crippen LogP contribution in [0.15, 0.2) is 29.3 Å². The number of rotatable bonds is 6. The normalized spacial score (nSPS) is 24.6. The number of alkyl halides is 3. The lowest BCUT2D eigenvalue weighted by Crippen LogP contribution is -2.44. The minimum absolute atomic E-state index is 0.138. The summed E-state index contributed by atoms with van der Waals surface area (Å²) in [5.74, 6) is 0. The maximum Gasteiger partial charge on any atom is 0.418 e. The third kappa shape index (κ3) is 3.96. The first kappa shape index (κ1) is 21.9. The third-order valence-corrected chi connectivity index (χ3v) is 9.01. The van der Waals surface area contributed by atoms with E-state index in [0.29, 0.717) is 29.4 Å². The number of aromatic nitrogens is 1. The second-order valence-electron chi connectivity index (χ2n) is 9.06. The van der Waals surface area contributed by atoms with Crippen molar-refractivity contribution in [2.75, 3.05) is 29.7 Å². The zero-order valence-electron chi connectivity index (χ0n) is 17.0. The fourth-order valence-electron chi connectivity index (χ4n) is 5.19. The molecule has 3 heterocycles. The van der Waals surface area contributed by atoms with Gasteiger partial charge in [-0.15, -0.1) is 0 Å². The lowest BCUT2D eigenvalue weighted by atomic mass is 9.88. The van der Waals surface area contributed by atoms with E-state index in [1.54, 1.807) is 0 Å². The van der Waals surface area contributed by atoms with Crippen molar-refractivity contribution in [3.05, 3.63) is 35.1 Å². The summed E-state index contributed by atoms with van der Waals surface area (Å²) >= 11 is 0.450. The van der Waals surface area contributed by atoms with E-state index in [1.165, 1.54) is 12.8 Å². The van der Waals surface area contributed by atoms with E-state index in [1.807, 2.05) is 4.72 Å². The summed E-state index contributed by atoms with van der Waals surface area (Å²) in [6, 6.07) is 2.87. The molecule has 0 amide bonds. The third-order valence-electron chi connectivity index (χ3n) is 6.84. The van der Waals surface area contributed by atoms with Crippen molar-refractivity contribution in [3.8, 4) is 0 Å². The number of halogens is 4. The van der Waals surface area contributed by atoms with Crippen molar-refractivity contribution in [1.29, 1.82) is 0 Å². The molecule has 1 aromatic carbocycles. The van der Waals surface area contributed by atoms with E-state index in [9.17, 15) is 26.0 Å². The molecule has 1 aromatic heterocycles. The molecule has 0 bridgehead atoms. The van der Waals surface area contributed by atoms with Crippen LogP contribution in [0.2, 0.25) is 0 Å². The second kappa shape index (κ2) is 7.29. The van der Waals surface area contributed by atoms with Crippen LogP contribution in [0.5, 0.6) is 0 Å². The molecule has 0 unspecified atom stereocenters. The molecule has 3 fully saturated rings. The van der Waals surface area contributed by atoms with E-state index in [4.69, 9.17) is 0 Å². The van der Waals surface area contributed by atoms with Gasteiger partial charge in [-0.05, 0) is 62.3 Å². The van der Waals surface area contributed by atoms with Gasteiger partial charge < -0.3 is 5.32 Å².